The molecule has 1 heterocycles. The molecule has 1 aliphatic heterocycles. The van der Waals surface area contributed by atoms with Gasteiger partial charge in [0.2, 0.25) is 0 Å². The van der Waals surface area contributed by atoms with Crippen molar-refractivity contribution in [2.24, 2.45) is 11.7 Å². The molecule has 2 atom stereocenters. The predicted octanol–water partition coefficient (Wildman–Crippen LogP) is 2.43. The summed E-state index contributed by atoms with van der Waals surface area (Å²) in [7, 11) is 0. The van der Waals surface area contributed by atoms with Gasteiger partial charge in [-0.25, -0.2) is 0 Å². The zero-order valence-corrected chi connectivity index (χ0v) is 10.7. The van der Waals surface area contributed by atoms with Crippen molar-refractivity contribution >= 4 is 11.6 Å². The fourth-order valence-electron chi connectivity index (χ4n) is 2.22. The fraction of sp³-hybridized carbons (Fsp3) is 0.538. The zero-order chi connectivity index (χ0) is 11.7. The minimum atomic E-state index is 0.320. The zero-order valence-electron chi connectivity index (χ0n) is 9.91. The van der Waals surface area contributed by atoms with Crippen LogP contribution in [0.3, 0.4) is 0 Å². The van der Waals surface area contributed by atoms with Crippen LogP contribution in [0, 0.1) is 12.8 Å². The van der Waals surface area contributed by atoms with Crippen LogP contribution in [0.5, 0.6) is 0 Å². The topological polar surface area (TPSA) is 29.3 Å². The summed E-state index contributed by atoms with van der Waals surface area (Å²) < 4.78 is 0. The molecule has 2 rings (SSSR count). The Bertz CT molecular complexity index is 368. The lowest BCUT2D eigenvalue weighted by Crippen LogP contribution is -2.28. The Balaban J connectivity index is 2.02. The van der Waals surface area contributed by atoms with Crippen molar-refractivity contribution in [1.29, 1.82) is 0 Å². The number of halogens is 1. The average Bonchev–Trinajstić information content (AvgIpc) is 2.52. The summed E-state index contributed by atoms with van der Waals surface area (Å²) in [6.45, 7) is 7.28. The van der Waals surface area contributed by atoms with E-state index in [1.807, 2.05) is 6.92 Å². The van der Waals surface area contributed by atoms with Gasteiger partial charge >= 0.3 is 0 Å². The van der Waals surface area contributed by atoms with Crippen LogP contribution in [0.2, 0.25) is 5.02 Å². The summed E-state index contributed by atoms with van der Waals surface area (Å²) in [4.78, 5) is 2.40. The lowest BCUT2D eigenvalue weighted by Gasteiger charge is -2.15. The maximum Gasteiger partial charge on any atom is 0.0438 e. The van der Waals surface area contributed by atoms with E-state index in [1.165, 1.54) is 5.56 Å². The Morgan fingerprint density at radius 2 is 2.19 bits per heavy atom. The molecule has 16 heavy (non-hydrogen) atoms. The molecule has 0 aromatic heterocycles. The third kappa shape index (κ3) is 2.57. The summed E-state index contributed by atoms with van der Waals surface area (Å²) in [6, 6.07) is 6.61. The first-order valence-electron chi connectivity index (χ1n) is 5.79. The Morgan fingerprint density at radius 1 is 1.44 bits per heavy atom. The summed E-state index contributed by atoms with van der Waals surface area (Å²) >= 11 is 6.11. The average molecular weight is 239 g/mol. The number of benzene rings is 1. The first-order valence-corrected chi connectivity index (χ1v) is 6.17. The second-order valence-electron chi connectivity index (χ2n) is 4.92. The van der Waals surface area contributed by atoms with Crippen LogP contribution in [0.25, 0.3) is 0 Å². The number of rotatable bonds is 2. The molecule has 2 N–H and O–H groups in total. The van der Waals surface area contributed by atoms with Gasteiger partial charge in [-0.3, -0.25) is 4.90 Å². The van der Waals surface area contributed by atoms with Gasteiger partial charge in [0.25, 0.3) is 0 Å². The minimum Gasteiger partial charge on any atom is -0.326 e. The van der Waals surface area contributed by atoms with E-state index in [9.17, 15) is 0 Å². The normalized spacial score (nSPS) is 26.2. The lowest BCUT2D eigenvalue weighted by molar-refractivity contribution is 0.319. The summed E-state index contributed by atoms with van der Waals surface area (Å²) in [6.07, 6.45) is 0. The number of hydrogen-bond acceptors (Lipinski definition) is 2. The molecule has 0 saturated carbocycles. The van der Waals surface area contributed by atoms with Crippen LogP contribution in [0.4, 0.5) is 0 Å². The number of nitrogens with zero attached hydrogens (tertiary/aromatic N) is 1. The van der Waals surface area contributed by atoms with Crippen LogP contribution >= 0.6 is 11.6 Å². The maximum atomic E-state index is 6.11. The third-order valence-corrected chi connectivity index (χ3v) is 3.80. The molecule has 0 aliphatic carbocycles. The lowest BCUT2D eigenvalue weighted by atomic mass is 10.1. The highest BCUT2D eigenvalue weighted by molar-refractivity contribution is 6.31. The number of nitrogens with two attached hydrogens (primary N) is 1. The van der Waals surface area contributed by atoms with Crippen LogP contribution < -0.4 is 5.73 Å². The van der Waals surface area contributed by atoms with E-state index >= 15 is 0 Å². The number of hydrogen-bond donors (Lipinski definition) is 1. The van der Waals surface area contributed by atoms with E-state index in [-0.39, 0.29) is 0 Å². The van der Waals surface area contributed by atoms with Crippen molar-refractivity contribution in [3.8, 4) is 0 Å². The molecule has 2 nitrogen and oxygen atoms in total. The molecule has 88 valence electrons. The Kier molecular flexibility index (Phi) is 3.53. The SMILES string of the molecule is Cc1ccc(CN2CC(C)C(N)C2)cc1Cl. The van der Waals surface area contributed by atoms with Crippen molar-refractivity contribution in [1.82, 2.24) is 4.90 Å². The Labute approximate surface area is 102 Å². The van der Waals surface area contributed by atoms with Crippen molar-refractivity contribution in [3.63, 3.8) is 0 Å². The molecule has 1 fully saturated rings. The van der Waals surface area contributed by atoms with E-state index in [0.29, 0.717) is 12.0 Å². The molecule has 1 aliphatic rings. The molecule has 1 saturated heterocycles. The molecular formula is C13H19ClN2. The van der Waals surface area contributed by atoms with Crippen molar-refractivity contribution < 1.29 is 0 Å². The van der Waals surface area contributed by atoms with E-state index < -0.39 is 0 Å². The molecule has 1 aromatic carbocycles. The highest BCUT2D eigenvalue weighted by Crippen LogP contribution is 2.21. The minimum absolute atomic E-state index is 0.320. The molecule has 0 radical (unpaired) electrons. The van der Waals surface area contributed by atoms with Crippen LogP contribution in [0.15, 0.2) is 18.2 Å². The first kappa shape index (κ1) is 11.9. The molecule has 1 aromatic rings. The highest BCUT2D eigenvalue weighted by Gasteiger charge is 2.26. The van der Waals surface area contributed by atoms with Gasteiger partial charge in [-0.1, -0.05) is 30.7 Å². The van der Waals surface area contributed by atoms with Crippen LogP contribution in [-0.4, -0.2) is 24.0 Å². The molecule has 3 heteroatoms. The third-order valence-electron chi connectivity index (χ3n) is 3.39. The number of likely N-dealkylation sites (tertiary alicyclic amines) is 1. The van der Waals surface area contributed by atoms with Gasteiger partial charge in [-0.2, -0.15) is 0 Å². The van der Waals surface area contributed by atoms with Gasteiger partial charge < -0.3 is 5.73 Å². The molecule has 0 spiro atoms. The molecule has 0 bridgehead atoms. The second-order valence-corrected chi connectivity index (χ2v) is 5.33. The van der Waals surface area contributed by atoms with Gasteiger partial charge in [0, 0.05) is 30.7 Å². The van der Waals surface area contributed by atoms with Gasteiger partial charge in [-0.05, 0) is 30.0 Å². The molecule has 0 amide bonds. The van der Waals surface area contributed by atoms with Gasteiger partial charge in [0.15, 0.2) is 0 Å². The standard InChI is InChI=1S/C13H19ClN2/c1-9-3-4-11(5-12(9)14)7-16-6-10(2)13(15)8-16/h3-5,10,13H,6-8,15H2,1-2H3. The molecular weight excluding hydrogens is 220 g/mol. The van der Waals surface area contributed by atoms with Gasteiger partial charge in [0.1, 0.15) is 0 Å². The highest BCUT2D eigenvalue weighted by atomic mass is 35.5. The van der Waals surface area contributed by atoms with Crippen LogP contribution in [-0.2, 0) is 6.54 Å². The predicted molar refractivity (Wildman–Crippen MR) is 68.6 cm³/mol. The van der Waals surface area contributed by atoms with Crippen molar-refractivity contribution in [2.45, 2.75) is 26.4 Å². The van der Waals surface area contributed by atoms with E-state index in [4.69, 9.17) is 17.3 Å². The number of aryl methyl sites for hydroxylation is 1. The second kappa shape index (κ2) is 4.74. The van der Waals surface area contributed by atoms with Crippen molar-refractivity contribution in [3.05, 3.63) is 34.3 Å². The summed E-state index contributed by atoms with van der Waals surface area (Å²) in [5.41, 5.74) is 8.42. The quantitative estimate of drug-likeness (QED) is 0.858. The Morgan fingerprint density at radius 3 is 2.75 bits per heavy atom. The Hall–Kier alpha value is -0.570. The van der Waals surface area contributed by atoms with Gasteiger partial charge in [-0.15, -0.1) is 0 Å². The van der Waals surface area contributed by atoms with Gasteiger partial charge in [0.05, 0.1) is 0 Å². The summed E-state index contributed by atoms with van der Waals surface area (Å²) in [5, 5.41) is 0.856. The smallest absolute Gasteiger partial charge is 0.0438 e. The van der Waals surface area contributed by atoms with Crippen molar-refractivity contribution in [2.75, 3.05) is 13.1 Å². The van der Waals surface area contributed by atoms with E-state index in [2.05, 4.69) is 30.0 Å². The monoisotopic (exact) mass is 238 g/mol. The van der Waals surface area contributed by atoms with E-state index in [1.54, 1.807) is 0 Å². The maximum absolute atomic E-state index is 6.11. The summed E-state index contributed by atoms with van der Waals surface area (Å²) in [5.74, 6) is 0.598. The van der Waals surface area contributed by atoms with Crippen LogP contribution in [0.1, 0.15) is 18.1 Å². The first-order chi connectivity index (χ1) is 7.56. The molecule has 2 unspecified atom stereocenters. The van der Waals surface area contributed by atoms with E-state index in [0.717, 1.165) is 30.2 Å². The fourth-order valence-corrected chi connectivity index (χ4v) is 2.42. The largest absolute Gasteiger partial charge is 0.326 e.